The standard InChI is InChI=1S/C23H36N4O2/c1-14-24-26-27(25-14)13-21(28)20-7-6-19-18-5-4-15-12-22(2,29)10-8-16(15)17(18)9-11-23(19,20)3/h15-20,29H,4-13H2,1-3H3/t15-,16+,17-,18-,19+,20-,22-,23+/m1/s1. The molecular weight excluding hydrogens is 364 g/mol. The number of Topliss-reactive ketones (excluding diaryl/α,β-unsaturated/α-hetero) is 1. The van der Waals surface area contributed by atoms with E-state index in [9.17, 15) is 9.90 Å². The summed E-state index contributed by atoms with van der Waals surface area (Å²) in [5.41, 5.74) is -0.309. The van der Waals surface area contributed by atoms with Crippen LogP contribution in [0.4, 0.5) is 0 Å². The molecule has 160 valence electrons. The van der Waals surface area contributed by atoms with Crippen LogP contribution in [-0.2, 0) is 11.3 Å². The Labute approximate surface area is 173 Å². The number of carbonyl (C=O) groups excluding carboxylic acids is 1. The predicted molar refractivity (Wildman–Crippen MR) is 109 cm³/mol. The first-order valence-corrected chi connectivity index (χ1v) is 11.8. The number of hydrogen-bond acceptors (Lipinski definition) is 5. The third kappa shape index (κ3) is 3.26. The Morgan fingerprint density at radius 1 is 1.07 bits per heavy atom. The van der Waals surface area contributed by atoms with Gasteiger partial charge in [-0.2, -0.15) is 4.80 Å². The highest BCUT2D eigenvalue weighted by Crippen LogP contribution is 2.64. The number of rotatable bonds is 3. The first-order valence-electron chi connectivity index (χ1n) is 11.8. The number of ketones is 1. The van der Waals surface area contributed by atoms with Crippen LogP contribution in [-0.4, -0.2) is 36.7 Å². The van der Waals surface area contributed by atoms with E-state index in [0.29, 0.717) is 23.4 Å². The van der Waals surface area contributed by atoms with Crippen LogP contribution < -0.4 is 0 Å². The largest absolute Gasteiger partial charge is 0.390 e. The fraction of sp³-hybridized carbons (Fsp3) is 0.913. The van der Waals surface area contributed by atoms with Crippen molar-refractivity contribution in [3.8, 4) is 0 Å². The summed E-state index contributed by atoms with van der Waals surface area (Å²) < 4.78 is 0. The van der Waals surface area contributed by atoms with Gasteiger partial charge in [-0.05, 0) is 112 Å². The van der Waals surface area contributed by atoms with Gasteiger partial charge in [0.15, 0.2) is 11.6 Å². The highest BCUT2D eigenvalue weighted by atomic mass is 16.3. The Kier molecular flexibility index (Phi) is 4.65. The minimum absolute atomic E-state index is 0.140. The van der Waals surface area contributed by atoms with Gasteiger partial charge in [-0.25, -0.2) is 0 Å². The summed E-state index contributed by atoms with van der Waals surface area (Å²) in [7, 11) is 0. The van der Waals surface area contributed by atoms with Crippen molar-refractivity contribution in [2.75, 3.05) is 0 Å². The van der Waals surface area contributed by atoms with Crippen molar-refractivity contribution < 1.29 is 9.90 Å². The molecule has 0 amide bonds. The van der Waals surface area contributed by atoms with Crippen LogP contribution in [0.5, 0.6) is 0 Å². The highest BCUT2D eigenvalue weighted by Gasteiger charge is 2.58. The van der Waals surface area contributed by atoms with Crippen molar-refractivity contribution in [3.05, 3.63) is 5.82 Å². The molecule has 0 bridgehead atoms. The zero-order chi connectivity index (χ0) is 20.4. The van der Waals surface area contributed by atoms with Crippen LogP contribution in [0.25, 0.3) is 0 Å². The third-order valence-electron chi connectivity index (χ3n) is 9.48. The van der Waals surface area contributed by atoms with Gasteiger partial charge in [-0.3, -0.25) is 4.79 Å². The van der Waals surface area contributed by atoms with E-state index in [1.807, 2.05) is 13.8 Å². The summed E-state index contributed by atoms with van der Waals surface area (Å²) in [6, 6.07) is 0. The molecule has 4 aliphatic rings. The summed E-state index contributed by atoms with van der Waals surface area (Å²) >= 11 is 0. The zero-order valence-electron chi connectivity index (χ0n) is 18.2. The van der Waals surface area contributed by atoms with E-state index in [1.165, 1.54) is 43.3 Å². The summed E-state index contributed by atoms with van der Waals surface area (Å²) in [5, 5.41) is 22.7. The molecule has 4 aliphatic carbocycles. The van der Waals surface area contributed by atoms with Crippen LogP contribution in [0.3, 0.4) is 0 Å². The SMILES string of the molecule is Cc1nnn(CC(=O)[C@H]2CC[C@H]3[C@@H]4CC[C@@H]5C[C@](C)(O)CC[C@@H]5[C@H]4CC[C@]23C)n1. The molecule has 0 aromatic carbocycles. The third-order valence-corrected chi connectivity index (χ3v) is 9.48. The smallest absolute Gasteiger partial charge is 0.171 e. The molecule has 6 nitrogen and oxygen atoms in total. The molecule has 29 heavy (non-hydrogen) atoms. The molecule has 1 N–H and O–H groups in total. The van der Waals surface area contributed by atoms with Crippen LogP contribution in [0.1, 0.15) is 77.5 Å². The Balaban J connectivity index is 1.31. The van der Waals surface area contributed by atoms with Crippen LogP contribution in [0, 0.1) is 47.8 Å². The van der Waals surface area contributed by atoms with Gasteiger partial charge in [0.1, 0.15) is 6.54 Å². The maximum atomic E-state index is 13.2. The van der Waals surface area contributed by atoms with Gasteiger partial charge >= 0.3 is 0 Å². The maximum absolute atomic E-state index is 13.2. The van der Waals surface area contributed by atoms with E-state index in [-0.39, 0.29) is 17.9 Å². The van der Waals surface area contributed by atoms with Crippen LogP contribution >= 0.6 is 0 Å². The topological polar surface area (TPSA) is 80.9 Å². The lowest BCUT2D eigenvalue weighted by Crippen LogP contribution is -2.51. The van der Waals surface area contributed by atoms with E-state index in [1.54, 1.807) is 0 Å². The first kappa shape index (κ1) is 19.7. The Bertz CT molecular complexity index is 790. The monoisotopic (exact) mass is 400 g/mol. The van der Waals surface area contributed by atoms with Crippen molar-refractivity contribution in [3.63, 3.8) is 0 Å². The zero-order valence-corrected chi connectivity index (χ0v) is 18.2. The normalized spacial score (nSPS) is 46.6. The average Bonchev–Trinajstić information content (AvgIpc) is 3.22. The number of aliphatic hydroxyl groups is 1. The van der Waals surface area contributed by atoms with E-state index < -0.39 is 5.60 Å². The van der Waals surface area contributed by atoms with Gasteiger partial charge in [-0.1, -0.05) is 6.92 Å². The molecule has 4 fully saturated rings. The Morgan fingerprint density at radius 3 is 2.62 bits per heavy atom. The van der Waals surface area contributed by atoms with E-state index in [2.05, 4.69) is 22.3 Å². The minimum atomic E-state index is -0.449. The Morgan fingerprint density at radius 2 is 1.86 bits per heavy atom. The van der Waals surface area contributed by atoms with Gasteiger partial charge in [0.05, 0.1) is 5.60 Å². The fourth-order valence-electron chi connectivity index (χ4n) is 8.25. The second kappa shape index (κ2) is 6.86. The van der Waals surface area contributed by atoms with E-state index >= 15 is 0 Å². The number of hydrogen-bond donors (Lipinski definition) is 1. The van der Waals surface area contributed by atoms with Crippen molar-refractivity contribution in [2.45, 2.75) is 90.7 Å². The number of aryl methyl sites for hydroxylation is 1. The highest BCUT2D eigenvalue weighted by molar-refractivity contribution is 5.81. The number of fused-ring (bicyclic) bond motifs is 5. The second-order valence-electron chi connectivity index (χ2n) is 11.2. The number of aromatic nitrogens is 4. The van der Waals surface area contributed by atoms with Crippen molar-refractivity contribution in [2.24, 2.45) is 40.9 Å². The lowest BCUT2D eigenvalue weighted by molar-refractivity contribution is -0.133. The van der Waals surface area contributed by atoms with E-state index in [0.717, 1.165) is 37.0 Å². The lowest BCUT2D eigenvalue weighted by Gasteiger charge is -2.56. The molecule has 1 heterocycles. The quantitative estimate of drug-likeness (QED) is 0.839. The molecule has 4 saturated carbocycles. The first-order chi connectivity index (χ1) is 13.8. The van der Waals surface area contributed by atoms with Gasteiger partial charge < -0.3 is 5.11 Å². The lowest BCUT2D eigenvalue weighted by atomic mass is 9.49. The van der Waals surface area contributed by atoms with Crippen molar-refractivity contribution in [1.82, 2.24) is 20.2 Å². The van der Waals surface area contributed by atoms with E-state index in [4.69, 9.17) is 0 Å². The second-order valence-corrected chi connectivity index (χ2v) is 11.2. The molecule has 0 unspecified atom stereocenters. The summed E-state index contributed by atoms with van der Waals surface area (Å²) in [6.07, 6.45) is 10.4. The summed E-state index contributed by atoms with van der Waals surface area (Å²) in [5.74, 6) is 4.86. The molecule has 0 saturated heterocycles. The minimum Gasteiger partial charge on any atom is -0.390 e. The molecule has 0 spiro atoms. The molecule has 1 aromatic heterocycles. The van der Waals surface area contributed by atoms with Crippen LogP contribution in [0.2, 0.25) is 0 Å². The molecule has 8 atom stereocenters. The van der Waals surface area contributed by atoms with Crippen LogP contribution in [0.15, 0.2) is 0 Å². The molecule has 0 aliphatic heterocycles. The Hall–Kier alpha value is -1.30. The van der Waals surface area contributed by atoms with Gasteiger partial charge in [0.2, 0.25) is 0 Å². The number of tetrazole rings is 1. The summed E-state index contributed by atoms with van der Waals surface area (Å²) in [4.78, 5) is 14.7. The molecular formula is C23H36N4O2. The summed E-state index contributed by atoms with van der Waals surface area (Å²) in [6.45, 7) is 6.51. The average molecular weight is 401 g/mol. The van der Waals surface area contributed by atoms with Crippen molar-refractivity contribution >= 4 is 5.78 Å². The van der Waals surface area contributed by atoms with Gasteiger partial charge in [-0.15, -0.1) is 10.2 Å². The maximum Gasteiger partial charge on any atom is 0.171 e. The number of nitrogens with zero attached hydrogens (tertiary/aromatic N) is 4. The number of carbonyl (C=O) groups is 1. The van der Waals surface area contributed by atoms with Gasteiger partial charge in [0.25, 0.3) is 0 Å². The molecule has 0 radical (unpaired) electrons. The van der Waals surface area contributed by atoms with Gasteiger partial charge in [0, 0.05) is 5.92 Å². The molecule has 1 aromatic rings. The predicted octanol–water partition coefficient (Wildman–Crippen LogP) is 3.57. The molecule has 5 rings (SSSR count). The molecule has 6 heteroatoms. The van der Waals surface area contributed by atoms with Crippen molar-refractivity contribution in [1.29, 1.82) is 0 Å². The fourth-order valence-corrected chi connectivity index (χ4v) is 8.25.